The van der Waals surface area contributed by atoms with Crippen LogP contribution in [0.1, 0.15) is 45.1 Å². The van der Waals surface area contributed by atoms with Gasteiger partial charge >= 0.3 is 0 Å². The molecule has 3 heteroatoms. The average Bonchev–Trinajstić information content (AvgIpc) is 2.38. The molecular weight excluding hydrogens is 240 g/mol. The van der Waals surface area contributed by atoms with E-state index in [1.807, 2.05) is 18.2 Å². The largest absolute Gasteiger partial charge is 0.493 e. The van der Waals surface area contributed by atoms with Crippen LogP contribution in [0.3, 0.4) is 0 Å². The molecule has 0 aromatic heterocycles. The number of unbranched alkanes of at least 4 members (excludes halogenated alkanes) is 3. The van der Waals surface area contributed by atoms with Crippen LogP contribution in [0.2, 0.25) is 0 Å². The van der Waals surface area contributed by atoms with E-state index < -0.39 is 0 Å². The Bertz CT molecular complexity index is 399. The summed E-state index contributed by atoms with van der Waals surface area (Å²) in [6, 6.07) is 5.70. The number of ether oxygens (including phenoxy) is 2. The highest BCUT2D eigenvalue weighted by atomic mass is 16.5. The quantitative estimate of drug-likeness (QED) is 0.637. The summed E-state index contributed by atoms with van der Waals surface area (Å²) in [6.07, 6.45) is 5.08. The molecule has 0 aliphatic carbocycles. The lowest BCUT2D eigenvalue weighted by Crippen LogP contribution is -2.03. The maximum atomic E-state index is 11.2. The van der Waals surface area contributed by atoms with Gasteiger partial charge in [-0.2, -0.15) is 0 Å². The minimum atomic E-state index is 0.124. The van der Waals surface area contributed by atoms with Crippen molar-refractivity contribution in [2.24, 2.45) is 0 Å². The fourth-order valence-electron chi connectivity index (χ4n) is 2.02. The fourth-order valence-corrected chi connectivity index (χ4v) is 2.02. The summed E-state index contributed by atoms with van der Waals surface area (Å²) in [5.41, 5.74) is 0.890. The molecule has 0 radical (unpaired) electrons. The Balaban J connectivity index is 2.63. The number of para-hydroxylation sites is 1. The first kappa shape index (κ1) is 15.5. The third kappa shape index (κ3) is 5.33. The molecule has 0 atom stereocenters. The van der Waals surface area contributed by atoms with Crippen molar-refractivity contribution in [3.8, 4) is 11.5 Å². The van der Waals surface area contributed by atoms with E-state index in [4.69, 9.17) is 9.47 Å². The first-order valence-electron chi connectivity index (χ1n) is 6.97. The molecule has 0 saturated carbocycles. The topological polar surface area (TPSA) is 35.5 Å². The Morgan fingerprint density at radius 3 is 2.63 bits per heavy atom. The van der Waals surface area contributed by atoms with Gasteiger partial charge in [-0.05, 0) is 19.4 Å². The lowest BCUT2D eigenvalue weighted by molar-refractivity contribution is -0.116. The van der Waals surface area contributed by atoms with E-state index in [1.165, 1.54) is 19.3 Å². The number of methoxy groups -OCH3 is 1. The Kier molecular flexibility index (Phi) is 7.01. The summed E-state index contributed by atoms with van der Waals surface area (Å²) in [6.45, 7) is 4.47. The number of rotatable bonds is 9. The Labute approximate surface area is 115 Å². The van der Waals surface area contributed by atoms with Crippen LogP contribution >= 0.6 is 0 Å². The zero-order valence-corrected chi connectivity index (χ0v) is 12.2. The van der Waals surface area contributed by atoms with E-state index in [9.17, 15) is 4.79 Å². The maximum absolute atomic E-state index is 11.2. The lowest BCUT2D eigenvalue weighted by Gasteiger charge is -2.13. The van der Waals surface area contributed by atoms with Gasteiger partial charge in [0.15, 0.2) is 11.5 Å². The van der Waals surface area contributed by atoms with Crippen LogP contribution in [0.4, 0.5) is 0 Å². The number of carbonyl (C=O) groups excluding carboxylic acids is 1. The van der Waals surface area contributed by atoms with Gasteiger partial charge in [0.1, 0.15) is 5.78 Å². The van der Waals surface area contributed by atoms with Gasteiger partial charge in [0, 0.05) is 12.0 Å². The van der Waals surface area contributed by atoms with E-state index in [0.29, 0.717) is 18.8 Å². The predicted molar refractivity (Wildman–Crippen MR) is 77.0 cm³/mol. The van der Waals surface area contributed by atoms with Gasteiger partial charge in [-0.3, -0.25) is 4.79 Å². The highest BCUT2D eigenvalue weighted by Gasteiger charge is 2.11. The number of ketones is 1. The summed E-state index contributed by atoms with van der Waals surface area (Å²) in [4.78, 5) is 11.2. The molecule has 0 aliphatic rings. The molecule has 3 nitrogen and oxygen atoms in total. The van der Waals surface area contributed by atoms with Crippen LogP contribution in [-0.4, -0.2) is 19.5 Å². The standard InChI is InChI=1S/C16H24O3/c1-4-5-6-7-11-19-15-10-8-9-14(12-13(2)17)16(15)18-3/h8-10H,4-7,11-12H2,1-3H3. The summed E-state index contributed by atoms with van der Waals surface area (Å²) in [7, 11) is 1.61. The molecule has 1 aromatic rings. The molecule has 0 spiro atoms. The molecule has 1 aromatic carbocycles. The molecule has 1 rings (SSSR count). The molecule has 19 heavy (non-hydrogen) atoms. The molecule has 0 amide bonds. The molecule has 0 bridgehead atoms. The van der Waals surface area contributed by atoms with Gasteiger partial charge in [0.05, 0.1) is 13.7 Å². The Hall–Kier alpha value is -1.51. The number of carbonyl (C=O) groups is 1. The third-order valence-electron chi connectivity index (χ3n) is 2.96. The summed E-state index contributed by atoms with van der Waals surface area (Å²) in [5, 5.41) is 0. The van der Waals surface area contributed by atoms with Crippen LogP contribution < -0.4 is 9.47 Å². The van der Waals surface area contributed by atoms with Gasteiger partial charge in [0.2, 0.25) is 0 Å². The molecule has 0 aliphatic heterocycles. The Morgan fingerprint density at radius 2 is 2.00 bits per heavy atom. The second-order valence-electron chi connectivity index (χ2n) is 4.74. The molecule has 0 saturated heterocycles. The minimum Gasteiger partial charge on any atom is -0.493 e. The third-order valence-corrected chi connectivity index (χ3v) is 2.96. The minimum absolute atomic E-state index is 0.124. The maximum Gasteiger partial charge on any atom is 0.164 e. The van der Waals surface area contributed by atoms with Crippen molar-refractivity contribution in [2.75, 3.05) is 13.7 Å². The van der Waals surface area contributed by atoms with Crippen LogP contribution in [0, 0.1) is 0 Å². The van der Waals surface area contributed by atoms with Crippen molar-refractivity contribution >= 4 is 5.78 Å². The zero-order valence-electron chi connectivity index (χ0n) is 12.2. The fraction of sp³-hybridized carbons (Fsp3) is 0.562. The second-order valence-corrected chi connectivity index (χ2v) is 4.74. The SMILES string of the molecule is CCCCCCOc1cccc(CC(C)=O)c1OC. The van der Waals surface area contributed by atoms with Gasteiger partial charge in [-0.15, -0.1) is 0 Å². The van der Waals surface area contributed by atoms with Crippen molar-refractivity contribution < 1.29 is 14.3 Å². The van der Waals surface area contributed by atoms with E-state index in [1.54, 1.807) is 14.0 Å². The average molecular weight is 264 g/mol. The van der Waals surface area contributed by atoms with Crippen molar-refractivity contribution in [3.05, 3.63) is 23.8 Å². The summed E-state index contributed by atoms with van der Waals surface area (Å²) < 4.78 is 11.1. The van der Waals surface area contributed by atoms with Crippen LogP contribution in [0.5, 0.6) is 11.5 Å². The molecule has 106 valence electrons. The first-order chi connectivity index (χ1) is 9.19. The number of hydrogen-bond acceptors (Lipinski definition) is 3. The van der Waals surface area contributed by atoms with Crippen molar-refractivity contribution in [3.63, 3.8) is 0 Å². The smallest absolute Gasteiger partial charge is 0.164 e. The van der Waals surface area contributed by atoms with E-state index in [0.717, 1.165) is 17.7 Å². The molecular formula is C16H24O3. The van der Waals surface area contributed by atoms with E-state index in [-0.39, 0.29) is 5.78 Å². The molecule has 0 heterocycles. The first-order valence-corrected chi connectivity index (χ1v) is 6.97. The summed E-state index contributed by atoms with van der Waals surface area (Å²) in [5.74, 6) is 1.55. The van der Waals surface area contributed by atoms with Gasteiger partial charge in [-0.1, -0.05) is 38.3 Å². The van der Waals surface area contributed by atoms with Crippen molar-refractivity contribution in [1.29, 1.82) is 0 Å². The van der Waals surface area contributed by atoms with Gasteiger partial charge < -0.3 is 9.47 Å². The van der Waals surface area contributed by atoms with E-state index >= 15 is 0 Å². The van der Waals surface area contributed by atoms with Crippen LogP contribution in [0.25, 0.3) is 0 Å². The zero-order chi connectivity index (χ0) is 14.1. The van der Waals surface area contributed by atoms with Crippen molar-refractivity contribution in [1.82, 2.24) is 0 Å². The van der Waals surface area contributed by atoms with Crippen LogP contribution in [-0.2, 0) is 11.2 Å². The van der Waals surface area contributed by atoms with Crippen molar-refractivity contribution in [2.45, 2.75) is 46.0 Å². The normalized spacial score (nSPS) is 10.3. The number of Topliss-reactive ketones (excluding diaryl/α,β-unsaturated/α-hetero) is 1. The van der Waals surface area contributed by atoms with Gasteiger partial charge in [-0.25, -0.2) is 0 Å². The lowest BCUT2D eigenvalue weighted by atomic mass is 10.1. The van der Waals surface area contributed by atoms with E-state index in [2.05, 4.69) is 6.92 Å². The second kappa shape index (κ2) is 8.57. The predicted octanol–water partition coefficient (Wildman–Crippen LogP) is 3.79. The highest BCUT2D eigenvalue weighted by molar-refractivity contribution is 5.79. The molecule has 0 fully saturated rings. The summed E-state index contributed by atoms with van der Waals surface area (Å²) >= 11 is 0. The number of benzene rings is 1. The van der Waals surface area contributed by atoms with Crippen LogP contribution in [0.15, 0.2) is 18.2 Å². The number of hydrogen-bond donors (Lipinski definition) is 0. The molecule has 0 unspecified atom stereocenters. The highest BCUT2D eigenvalue weighted by Crippen LogP contribution is 2.31. The molecule has 0 N–H and O–H groups in total. The monoisotopic (exact) mass is 264 g/mol. The Morgan fingerprint density at radius 1 is 1.21 bits per heavy atom. The van der Waals surface area contributed by atoms with Gasteiger partial charge in [0.25, 0.3) is 0 Å².